The van der Waals surface area contributed by atoms with Crippen molar-refractivity contribution < 1.29 is 18.0 Å². The summed E-state index contributed by atoms with van der Waals surface area (Å²) in [6.45, 7) is 1.68. The highest BCUT2D eigenvalue weighted by Gasteiger charge is 2.35. The summed E-state index contributed by atoms with van der Waals surface area (Å²) in [6.07, 6.45) is 0.892. The van der Waals surface area contributed by atoms with Gasteiger partial charge in [-0.1, -0.05) is 84.7 Å². The van der Waals surface area contributed by atoms with Gasteiger partial charge in [-0.05, 0) is 83.1 Å². The van der Waals surface area contributed by atoms with Gasteiger partial charge in [-0.3, -0.25) is 13.9 Å². The summed E-state index contributed by atoms with van der Waals surface area (Å²) < 4.78 is 30.0. The van der Waals surface area contributed by atoms with Crippen LogP contribution in [0.5, 0.6) is 0 Å². The Bertz CT molecular complexity index is 1650. The van der Waals surface area contributed by atoms with Crippen molar-refractivity contribution in [2.75, 3.05) is 17.4 Å². The quantitative estimate of drug-likeness (QED) is 0.149. The smallest absolute Gasteiger partial charge is 0.264 e. The lowest BCUT2D eigenvalue weighted by Crippen LogP contribution is -2.53. The van der Waals surface area contributed by atoms with Gasteiger partial charge in [-0.25, -0.2) is 8.42 Å². The minimum absolute atomic E-state index is 0.0357. The minimum Gasteiger partial charge on any atom is -0.354 e. The van der Waals surface area contributed by atoms with Gasteiger partial charge in [0.25, 0.3) is 10.0 Å². The number of sulfonamides is 1. The molecule has 1 atom stereocenters. The topological polar surface area (TPSA) is 86.8 Å². The molecule has 0 heterocycles. The van der Waals surface area contributed by atoms with E-state index in [4.69, 9.17) is 23.2 Å². The number of carbonyl (C=O) groups is 2. The van der Waals surface area contributed by atoms with Gasteiger partial charge >= 0.3 is 0 Å². The first kappa shape index (κ1) is 33.8. The van der Waals surface area contributed by atoms with E-state index in [1.54, 1.807) is 60.7 Å². The van der Waals surface area contributed by atoms with E-state index in [-0.39, 0.29) is 23.8 Å². The molecule has 44 heavy (non-hydrogen) atoms. The maximum Gasteiger partial charge on any atom is 0.264 e. The van der Waals surface area contributed by atoms with Gasteiger partial charge in [0.2, 0.25) is 11.8 Å². The summed E-state index contributed by atoms with van der Waals surface area (Å²) in [5.74, 6) is -0.953. The summed E-state index contributed by atoms with van der Waals surface area (Å²) in [5.41, 5.74) is 1.60. The molecule has 0 saturated carbocycles. The molecule has 0 aliphatic heterocycles. The Labute approximate surface area is 282 Å². The number of nitrogens with zero attached hydrogens (tertiary/aromatic N) is 2. The molecule has 0 bridgehead atoms. The monoisotopic (exact) mass is 763 g/mol. The van der Waals surface area contributed by atoms with Gasteiger partial charge in [-0.2, -0.15) is 0 Å². The second-order valence-electron chi connectivity index (χ2n) is 10.0. The van der Waals surface area contributed by atoms with E-state index in [0.29, 0.717) is 34.3 Å². The van der Waals surface area contributed by atoms with E-state index in [0.717, 1.165) is 13.4 Å². The molecule has 0 radical (unpaired) electrons. The van der Waals surface area contributed by atoms with Crippen LogP contribution in [0.25, 0.3) is 0 Å². The summed E-state index contributed by atoms with van der Waals surface area (Å²) in [6, 6.07) is 28.2. The number of hydrogen-bond acceptors (Lipinski definition) is 4. The van der Waals surface area contributed by atoms with E-state index in [1.165, 1.54) is 17.0 Å². The Balaban J connectivity index is 1.82. The Morgan fingerprint density at radius 2 is 1.43 bits per heavy atom. The Kier molecular flexibility index (Phi) is 12.1. The van der Waals surface area contributed by atoms with Crippen molar-refractivity contribution in [1.82, 2.24) is 10.2 Å². The minimum atomic E-state index is -4.17. The van der Waals surface area contributed by atoms with Crippen molar-refractivity contribution >= 4 is 73.3 Å². The molecule has 4 aromatic carbocycles. The normalized spacial score (nSPS) is 11.9. The van der Waals surface area contributed by atoms with E-state index >= 15 is 0 Å². The maximum atomic E-state index is 14.5. The number of carbonyl (C=O) groups excluding carboxylic acids is 2. The van der Waals surface area contributed by atoms with Gasteiger partial charge in [0, 0.05) is 38.7 Å². The van der Waals surface area contributed by atoms with Crippen molar-refractivity contribution in [1.29, 1.82) is 0 Å². The summed E-state index contributed by atoms with van der Waals surface area (Å²) >= 11 is 15.2. The third-order valence-electron chi connectivity index (χ3n) is 6.94. The molecule has 0 saturated heterocycles. The molecule has 1 N–H and O–H groups in total. The summed E-state index contributed by atoms with van der Waals surface area (Å²) in [4.78, 5) is 29.6. The van der Waals surface area contributed by atoms with Crippen LogP contribution in [0.2, 0.25) is 10.0 Å². The van der Waals surface area contributed by atoms with Crippen LogP contribution in [0.3, 0.4) is 0 Å². The molecular formula is C33H32Cl2IN3O4S. The van der Waals surface area contributed by atoms with Crippen LogP contribution in [0.1, 0.15) is 24.5 Å². The Morgan fingerprint density at radius 3 is 2.02 bits per heavy atom. The van der Waals surface area contributed by atoms with Crippen LogP contribution in [-0.2, 0) is 32.6 Å². The second-order valence-corrected chi connectivity index (χ2v) is 13.9. The largest absolute Gasteiger partial charge is 0.354 e. The average Bonchev–Trinajstić information content (AvgIpc) is 3.03. The standard InChI is InChI=1S/C33H32Cl2IN3O4S/c1-2-20-37-33(41)31(21-24-10-5-3-6-11-24)38(22-28-29(34)14-9-15-30(28)35)32(40)23-39(26-18-16-25(36)17-19-26)44(42,43)27-12-7-4-8-13-27/h3-19,31H,2,20-23H2,1H3,(H,37,41)/t31-/m0/s1. The molecule has 0 spiro atoms. The molecule has 0 fully saturated rings. The fourth-order valence-electron chi connectivity index (χ4n) is 4.63. The lowest BCUT2D eigenvalue weighted by Gasteiger charge is -2.34. The van der Waals surface area contributed by atoms with Crippen molar-refractivity contribution in [2.45, 2.75) is 37.2 Å². The Hall–Kier alpha value is -3.12. The number of amides is 2. The number of anilines is 1. The van der Waals surface area contributed by atoms with Crippen LogP contribution < -0.4 is 9.62 Å². The predicted octanol–water partition coefficient (Wildman–Crippen LogP) is 6.96. The zero-order valence-electron chi connectivity index (χ0n) is 24.0. The fraction of sp³-hybridized carbons (Fsp3) is 0.212. The SMILES string of the molecule is CCCNC(=O)[C@H](Cc1ccccc1)N(Cc1c(Cl)cccc1Cl)C(=O)CN(c1ccc(I)cc1)S(=O)(=O)c1ccccc1. The number of rotatable bonds is 13. The van der Waals surface area contributed by atoms with Crippen molar-refractivity contribution in [3.8, 4) is 0 Å². The molecular weight excluding hydrogens is 732 g/mol. The number of hydrogen-bond donors (Lipinski definition) is 1. The zero-order valence-corrected chi connectivity index (χ0v) is 28.5. The molecule has 0 unspecified atom stereocenters. The molecule has 0 aliphatic rings. The lowest BCUT2D eigenvalue weighted by atomic mass is 10.0. The van der Waals surface area contributed by atoms with Crippen molar-refractivity contribution in [3.63, 3.8) is 0 Å². The highest BCUT2D eigenvalue weighted by Crippen LogP contribution is 2.29. The summed E-state index contributed by atoms with van der Waals surface area (Å²) in [7, 11) is -4.17. The first-order chi connectivity index (χ1) is 21.1. The van der Waals surface area contributed by atoms with E-state index in [2.05, 4.69) is 27.9 Å². The lowest BCUT2D eigenvalue weighted by molar-refractivity contribution is -0.140. The van der Waals surface area contributed by atoms with Crippen LogP contribution in [0, 0.1) is 3.57 Å². The number of halogens is 3. The third-order valence-corrected chi connectivity index (χ3v) is 10.2. The van der Waals surface area contributed by atoms with Crippen molar-refractivity contribution in [2.24, 2.45) is 0 Å². The number of nitrogens with one attached hydrogen (secondary N) is 1. The average molecular weight is 765 g/mol. The Morgan fingerprint density at radius 1 is 0.841 bits per heavy atom. The van der Waals surface area contributed by atoms with Crippen molar-refractivity contribution in [3.05, 3.63) is 128 Å². The molecule has 11 heteroatoms. The van der Waals surface area contributed by atoms with Crippen LogP contribution in [0.15, 0.2) is 108 Å². The predicted molar refractivity (Wildman–Crippen MR) is 184 cm³/mol. The molecule has 4 rings (SSSR count). The maximum absolute atomic E-state index is 14.5. The first-order valence-electron chi connectivity index (χ1n) is 14.0. The molecule has 2 amide bonds. The second kappa shape index (κ2) is 15.7. The van der Waals surface area contributed by atoms with Gasteiger partial charge in [0.1, 0.15) is 12.6 Å². The molecule has 0 aliphatic carbocycles. The highest BCUT2D eigenvalue weighted by molar-refractivity contribution is 14.1. The molecule has 230 valence electrons. The first-order valence-corrected chi connectivity index (χ1v) is 17.3. The summed E-state index contributed by atoms with van der Waals surface area (Å²) in [5, 5.41) is 3.57. The van der Waals surface area contributed by atoms with E-state index < -0.39 is 28.5 Å². The highest BCUT2D eigenvalue weighted by atomic mass is 127. The van der Waals surface area contributed by atoms with E-state index in [9.17, 15) is 18.0 Å². The molecule has 0 aromatic heterocycles. The van der Waals surface area contributed by atoms with Gasteiger partial charge in [-0.15, -0.1) is 0 Å². The van der Waals surface area contributed by atoms with Gasteiger partial charge in [0.05, 0.1) is 10.6 Å². The number of benzene rings is 4. The zero-order chi connectivity index (χ0) is 31.7. The fourth-order valence-corrected chi connectivity index (χ4v) is 6.94. The molecule has 4 aromatic rings. The van der Waals surface area contributed by atoms with Crippen LogP contribution in [0.4, 0.5) is 5.69 Å². The van der Waals surface area contributed by atoms with Gasteiger partial charge in [0.15, 0.2) is 0 Å². The molecule has 7 nitrogen and oxygen atoms in total. The van der Waals surface area contributed by atoms with Crippen LogP contribution >= 0.6 is 45.8 Å². The van der Waals surface area contributed by atoms with Gasteiger partial charge < -0.3 is 10.2 Å². The third kappa shape index (κ3) is 8.53. The van der Waals surface area contributed by atoms with E-state index in [1.807, 2.05) is 37.3 Å². The van der Waals surface area contributed by atoms with Crippen LogP contribution in [-0.4, -0.2) is 44.3 Å².